The van der Waals surface area contributed by atoms with Crippen molar-refractivity contribution < 1.29 is 4.74 Å². The third-order valence-corrected chi connectivity index (χ3v) is 4.46. The molecule has 0 aliphatic rings. The molecule has 1 atom stereocenters. The van der Waals surface area contributed by atoms with Crippen molar-refractivity contribution in [2.45, 2.75) is 46.7 Å². The molecule has 0 fully saturated rings. The second kappa shape index (κ2) is 7.05. The van der Waals surface area contributed by atoms with Gasteiger partial charge in [0.1, 0.15) is 10.8 Å². The number of nitrogens with zero attached hydrogens (tertiary/aromatic N) is 1. The van der Waals surface area contributed by atoms with Crippen LogP contribution in [0, 0.1) is 13.8 Å². The Morgan fingerprint density at radius 2 is 1.95 bits per heavy atom. The quantitative estimate of drug-likeness (QED) is 0.866. The Labute approximate surface area is 131 Å². The highest BCUT2D eigenvalue weighted by Crippen LogP contribution is 2.33. The fraction of sp³-hybridized carbons (Fsp3) is 0.471. The Morgan fingerprint density at radius 3 is 2.52 bits per heavy atom. The zero-order valence-corrected chi connectivity index (χ0v) is 14.3. The topological polar surface area (TPSA) is 34.1 Å². The van der Waals surface area contributed by atoms with Crippen molar-refractivity contribution in [3.8, 4) is 5.75 Å². The van der Waals surface area contributed by atoms with Gasteiger partial charge in [-0.25, -0.2) is 4.98 Å². The fourth-order valence-electron chi connectivity index (χ4n) is 2.25. The lowest BCUT2D eigenvalue weighted by Crippen LogP contribution is -2.29. The molecule has 0 spiro atoms. The highest BCUT2D eigenvalue weighted by atomic mass is 32.1. The first-order valence-electron chi connectivity index (χ1n) is 7.44. The molecule has 1 heterocycles. The summed E-state index contributed by atoms with van der Waals surface area (Å²) in [5, 5.41) is 4.72. The van der Waals surface area contributed by atoms with E-state index in [-0.39, 0.29) is 6.04 Å². The maximum absolute atomic E-state index is 5.79. The molecule has 1 N–H and O–H groups in total. The number of nitrogens with one attached hydrogen (secondary N) is 1. The van der Waals surface area contributed by atoms with E-state index >= 15 is 0 Å². The summed E-state index contributed by atoms with van der Waals surface area (Å²) in [5.74, 6) is 0.934. The van der Waals surface area contributed by atoms with Crippen LogP contribution in [-0.4, -0.2) is 17.6 Å². The number of benzene rings is 1. The van der Waals surface area contributed by atoms with Gasteiger partial charge in [-0.2, -0.15) is 0 Å². The second-order valence-electron chi connectivity index (χ2n) is 5.42. The maximum Gasteiger partial charge on any atom is 0.124 e. The molecule has 21 heavy (non-hydrogen) atoms. The van der Waals surface area contributed by atoms with Gasteiger partial charge in [-0.05, 0) is 40.7 Å². The smallest absolute Gasteiger partial charge is 0.124 e. The Kier molecular flexibility index (Phi) is 5.37. The van der Waals surface area contributed by atoms with Gasteiger partial charge in [-0.1, -0.05) is 18.2 Å². The lowest BCUT2D eigenvalue weighted by molar-refractivity contribution is 0.332. The molecule has 0 radical (unpaired) electrons. The molecule has 4 heteroatoms. The van der Waals surface area contributed by atoms with Crippen LogP contribution in [0.15, 0.2) is 24.3 Å². The molecule has 1 aromatic heterocycles. The highest BCUT2D eigenvalue weighted by Gasteiger charge is 2.22. The van der Waals surface area contributed by atoms with Crippen LogP contribution in [0.5, 0.6) is 5.75 Å². The van der Waals surface area contributed by atoms with Crippen LogP contribution in [0.4, 0.5) is 0 Å². The molecule has 2 aromatic rings. The van der Waals surface area contributed by atoms with Gasteiger partial charge in [0.05, 0.1) is 18.3 Å². The number of hydrogen-bond acceptors (Lipinski definition) is 4. The van der Waals surface area contributed by atoms with Gasteiger partial charge in [0.25, 0.3) is 0 Å². The summed E-state index contributed by atoms with van der Waals surface area (Å²) in [4.78, 5) is 6.01. The van der Waals surface area contributed by atoms with Gasteiger partial charge in [-0.3, -0.25) is 0 Å². The molecular formula is C17H24N2OS. The van der Waals surface area contributed by atoms with Crippen LogP contribution in [-0.2, 0) is 0 Å². The maximum atomic E-state index is 5.79. The second-order valence-corrected chi connectivity index (χ2v) is 6.65. The summed E-state index contributed by atoms with van der Waals surface area (Å²) in [6.07, 6.45) is 0. The average molecular weight is 304 g/mol. The van der Waals surface area contributed by atoms with Crippen LogP contribution < -0.4 is 10.1 Å². The molecule has 2 rings (SSSR count). The zero-order chi connectivity index (χ0) is 15.4. The van der Waals surface area contributed by atoms with Gasteiger partial charge in [0.2, 0.25) is 0 Å². The van der Waals surface area contributed by atoms with Gasteiger partial charge < -0.3 is 10.1 Å². The minimum absolute atomic E-state index is 0.0742. The van der Waals surface area contributed by atoms with Crippen LogP contribution in [0.2, 0.25) is 0 Å². The van der Waals surface area contributed by atoms with E-state index in [1.807, 2.05) is 19.1 Å². The Hall–Kier alpha value is -1.39. The van der Waals surface area contributed by atoms with E-state index in [0.29, 0.717) is 12.6 Å². The van der Waals surface area contributed by atoms with Crippen molar-refractivity contribution in [2.24, 2.45) is 0 Å². The van der Waals surface area contributed by atoms with Gasteiger partial charge in [-0.15, -0.1) is 11.3 Å². The van der Waals surface area contributed by atoms with E-state index in [2.05, 4.69) is 45.1 Å². The summed E-state index contributed by atoms with van der Waals surface area (Å²) >= 11 is 1.76. The molecule has 114 valence electrons. The van der Waals surface area contributed by atoms with Gasteiger partial charge in [0.15, 0.2) is 0 Å². The Bertz CT molecular complexity index is 573. The molecular weight excluding hydrogens is 280 g/mol. The summed E-state index contributed by atoms with van der Waals surface area (Å²) in [6, 6.07) is 8.66. The molecule has 1 unspecified atom stereocenters. The van der Waals surface area contributed by atoms with Crippen molar-refractivity contribution in [2.75, 3.05) is 6.61 Å². The van der Waals surface area contributed by atoms with Gasteiger partial charge in [0, 0.05) is 16.5 Å². The number of aromatic nitrogens is 1. The summed E-state index contributed by atoms with van der Waals surface area (Å²) in [5.41, 5.74) is 2.27. The predicted molar refractivity (Wildman–Crippen MR) is 89.3 cm³/mol. The number of ether oxygens (including phenoxy) is 1. The number of rotatable bonds is 6. The van der Waals surface area contributed by atoms with Crippen LogP contribution >= 0.6 is 11.3 Å². The lowest BCUT2D eigenvalue weighted by atomic mass is 10.1. The first-order chi connectivity index (χ1) is 10.0. The van der Waals surface area contributed by atoms with Crippen molar-refractivity contribution >= 4 is 11.3 Å². The monoisotopic (exact) mass is 304 g/mol. The zero-order valence-electron chi connectivity index (χ0n) is 13.4. The van der Waals surface area contributed by atoms with Crippen molar-refractivity contribution in [3.63, 3.8) is 0 Å². The van der Waals surface area contributed by atoms with E-state index in [9.17, 15) is 0 Å². The van der Waals surface area contributed by atoms with Crippen LogP contribution in [0.3, 0.4) is 0 Å². The first kappa shape index (κ1) is 16.0. The third-order valence-electron chi connectivity index (χ3n) is 3.32. The molecule has 0 aliphatic carbocycles. The molecule has 0 amide bonds. The molecule has 0 aliphatic heterocycles. The van der Waals surface area contributed by atoms with Crippen LogP contribution in [0.25, 0.3) is 0 Å². The first-order valence-corrected chi connectivity index (χ1v) is 8.26. The number of thiazole rings is 1. The molecule has 0 bridgehead atoms. The standard InChI is InChI=1S/C17H24N2OS/c1-6-20-15-10-8-7-9-14(15)16(18-11(2)3)17-19-12(4)13(5)21-17/h7-11,16,18H,6H2,1-5H3. The predicted octanol–water partition coefficient (Wildman–Crippen LogP) is 4.25. The van der Waals surface area contributed by atoms with Crippen molar-refractivity contribution in [1.82, 2.24) is 10.3 Å². The molecule has 0 saturated carbocycles. The summed E-state index contributed by atoms with van der Waals surface area (Å²) in [7, 11) is 0. The minimum Gasteiger partial charge on any atom is -0.494 e. The normalized spacial score (nSPS) is 12.7. The number of hydrogen-bond donors (Lipinski definition) is 1. The SMILES string of the molecule is CCOc1ccccc1C(NC(C)C)c1nc(C)c(C)s1. The number of aryl methyl sites for hydroxylation is 2. The highest BCUT2D eigenvalue weighted by molar-refractivity contribution is 7.11. The van der Waals surface area contributed by atoms with E-state index in [1.165, 1.54) is 4.88 Å². The third kappa shape index (κ3) is 3.83. The van der Waals surface area contributed by atoms with E-state index in [4.69, 9.17) is 9.72 Å². The summed E-state index contributed by atoms with van der Waals surface area (Å²) in [6.45, 7) is 11.2. The average Bonchev–Trinajstić information content (AvgIpc) is 2.77. The summed E-state index contributed by atoms with van der Waals surface area (Å²) < 4.78 is 5.79. The van der Waals surface area contributed by atoms with Crippen LogP contribution in [0.1, 0.15) is 48.0 Å². The van der Waals surface area contributed by atoms with Gasteiger partial charge >= 0.3 is 0 Å². The van der Waals surface area contributed by atoms with E-state index < -0.39 is 0 Å². The van der Waals surface area contributed by atoms with Crippen molar-refractivity contribution in [3.05, 3.63) is 45.4 Å². The minimum atomic E-state index is 0.0742. The Balaban J connectivity index is 2.45. The Morgan fingerprint density at radius 1 is 1.24 bits per heavy atom. The molecule has 1 aromatic carbocycles. The van der Waals surface area contributed by atoms with E-state index in [0.717, 1.165) is 22.0 Å². The molecule has 0 saturated heterocycles. The molecule has 3 nitrogen and oxygen atoms in total. The number of para-hydroxylation sites is 1. The lowest BCUT2D eigenvalue weighted by Gasteiger charge is -2.22. The van der Waals surface area contributed by atoms with Crippen molar-refractivity contribution in [1.29, 1.82) is 0 Å². The van der Waals surface area contributed by atoms with E-state index in [1.54, 1.807) is 11.3 Å². The largest absolute Gasteiger partial charge is 0.494 e. The fourth-order valence-corrected chi connectivity index (χ4v) is 3.26.